The van der Waals surface area contributed by atoms with Crippen LogP contribution in [0.5, 0.6) is 0 Å². The van der Waals surface area contributed by atoms with Gasteiger partial charge in [-0.3, -0.25) is 0 Å². The zero-order chi connectivity index (χ0) is 9.35. The Kier molecular flexibility index (Phi) is 2.97. The Morgan fingerprint density at radius 1 is 1.33 bits per heavy atom. The zero-order valence-electron chi connectivity index (χ0n) is 6.29. The summed E-state index contributed by atoms with van der Waals surface area (Å²) in [7, 11) is 0. The van der Waals surface area contributed by atoms with Gasteiger partial charge in [0.05, 0.1) is 12.7 Å². The van der Waals surface area contributed by atoms with Crippen LogP contribution in [0.15, 0.2) is 0 Å². The van der Waals surface area contributed by atoms with Gasteiger partial charge in [-0.25, -0.2) is 0 Å². The Bertz CT molecular complexity index is 166. The summed E-state index contributed by atoms with van der Waals surface area (Å²) in [5.74, 6) is 0.0925. The van der Waals surface area contributed by atoms with Crippen LogP contribution in [0, 0.1) is 0 Å². The molecule has 0 bridgehead atoms. The van der Waals surface area contributed by atoms with Crippen molar-refractivity contribution in [1.82, 2.24) is 0 Å². The Labute approximate surface area is 73.7 Å². The third-order valence-electron chi connectivity index (χ3n) is 1.91. The average molecular weight is 196 g/mol. The summed E-state index contributed by atoms with van der Waals surface area (Å²) in [5.41, 5.74) is 0. The van der Waals surface area contributed by atoms with Gasteiger partial charge in [0.25, 0.3) is 0 Å². The van der Waals surface area contributed by atoms with Crippen molar-refractivity contribution in [3.05, 3.63) is 0 Å². The molecule has 0 spiro atoms. The number of rotatable bonds is 1. The summed E-state index contributed by atoms with van der Waals surface area (Å²) in [4.78, 5) is -1.75. The first-order chi connectivity index (χ1) is 5.51. The molecule has 0 aromatic carbocycles. The minimum atomic E-state index is -1.75. The molecule has 1 fully saturated rings. The lowest BCUT2D eigenvalue weighted by Crippen LogP contribution is -2.58. The number of aliphatic hydroxyl groups is 5. The van der Waals surface area contributed by atoms with Gasteiger partial charge >= 0.3 is 0 Å². The first kappa shape index (κ1) is 10.2. The van der Waals surface area contributed by atoms with Crippen molar-refractivity contribution >= 4 is 11.8 Å². The second kappa shape index (κ2) is 3.49. The summed E-state index contributed by atoms with van der Waals surface area (Å²) >= 11 is 0.831. The summed E-state index contributed by atoms with van der Waals surface area (Å²) < 4.78 is 0. The Morgan fingerprint density at radius 3 is 2.42 bits per heavy atom. The van der Waals surface area contributed by atoms with Crippen molar-refractivity contribution in [2.45, 2.75) is 23.2 Å². The lowest BCUT2D eigenvalue weighted by Gasteiger charge is -2.39. The Balaban J connectivity index is 2.71. The van der Waals surface area contributed by atoms with E-state index in [1.54, 1.807) is 0 Å². The third-order valence-corrected chi connectivity index (χ3v) is 3.29. The first-order valence-electron chi connectivity index (χ1n) is 3.52. The van der Waals surface area contributed by atoms with E-state index in [1.165, 1.54) is 0 Å². The molecule has 0 unspecified atom stereocenters. The number of hydrogen-bond acceptors (Lipinski definition) is 6. The zero-order valence-corrected chi connectivity index (χ0v) is 7.11. The molecule has 0 aromatic heterocycles. The van der Waals surface area contributed by atoms with Crippen LogP contribution >= 0.6 is 11.8 Å². The topological polar surface area (TPSA) is 101 Å². The largest absolute Gasteiger partial charge is 0.392 e. The molecule has 0 aliphatic carbocycles. The van der Waals surface area contributed by atoms with Crippen molar-refractivity contribution in [2.75, 3.05) is 12.4 Å². The lowest BCUT2D eigenvalue weighted by molar-refractivity contribution is -0.131. The first-order valence-corrected chi connectivity index (χ1v) is 4.51. The molecule has 0 saturated carbocycles. The SMILES string of the molecule is OC[C@@]1(O)SC[C@H](O)[C@@H](O)[C@@H]1O. The second-order valence-electron chi connectivity index (χ2n) is 2.82. The van der Waals surface area contributed by atoms with Crippen LogP contribution in [-0.4, -0.2) is 61.1 Å². The van der Waals surface area contributed by atoms with Crippen molar-refractivity contribution in [3.63, 3.8) is 0 Å². The molecule has 5 nitrogen and oxygen atoms in total. The predicted octanol–water partition coefficient (Wildman–Crippen LogP) is -2.50. The summed E-state index contributed by atoms with van der Waals surface area (Å²) in [6.07, 6.45) is -3.98. The van der Waals surface area contributed by atoms with Gasteiger partial charge in [-0.2, -0.15) is 0 Å². The molecule has 0 radical (unpaired) electrons. The van der Waals surface area contributed by atoms with Crippen molar-refractivity contribution < 1.29 is 25.5 Å². The minimum absolute atomic E-state index is 0.0925. The van der Waals surface area contributed by atoms with E-state index in [4.69, 9.17) is 15.3 Å². The fourth-order valence-corrected chi connectivity index (χ4v) is 2.09. The molecule has 5 N–H and O–H groups in total. The molecular weight excluding hydrogens is 184 g/mol. The van der Waals surface area contributed by atoms with Gasteiger partial charge in [-0.1, -0.05) is 0 Å². The Morgan fingerprint density at radius 2 is 1.92 bits per heavy atom. The maximum Gasteiger partial charge on any atom is 0.161 e. The van der Waals surface area contributed by atoms with E-state index in [0.717, 1.165) is 11.8 Å². The highest BCUT2D eigenvalue weighted by molar-refractivity contribution is 8.00. The van der Waals surface area contributed by atoms with E-state index < -0.39 is 29.9 Å². The van der Waals surface area contributed by atoms with Crippen molar-refractivity contribution in [2.24, 2.45) is 0 Å². The molecule has 0 amide bonds. The normalized spacial score (nSPS) is 49.2. The monoisotopic (exact) mass is 196 g/mol. The maximum atomic E-state index is 9.43. The van der Waals surface area contributed by atoms with Gasteiger partial charge in [0.1, 0.15) is 12.2 Å². The molecule has 1 aliphatic heterocycles. The highest BCUT2D eigenvalue weighted by Crippen LogP contribution is 2.34. The number of hydrogen-bond donors (Lipinski definition) is 5. The predicted molar refractivity (Wildman–Crippen MR) is 42.5 cm³/mol. The van der Waals surface area contributed by atoms with Gasteiger partial charge in [-0.05, 0) is 0 Å². The molecule has 1 saturated heterocycles. The molecule has 12 heavy (non-hydrogen) atoms. The molecule has 0 aromatic rings. The fourth-order valence-electron chi connectivity index (χ4n) is 1.03. The van der Waals surface area contributed by atoms with Crippen molar-refractivity contribution in [3.8, 4) is 0 Å². The highest BCUT2D eigenvalue weighted by atomic mass is 32.2. The van der Waals surface area contributed by atoms with E-state index in [2.05, 4.69) is 0 Å². The molecule has 1 aliphatic rings. The van der Waals surface area contributed by atoms with Gasteiger partial charge < -0.3 is 25.5 Å². The molecule has 72 valence electrons. The van der Waals surface area contributed by atoms with Crippen LogP contribution < -0.4 is 0 Å². The third kappa shape index (κ3) is 1.59. The maximum absolute atomic E-state index is 9.43. The van der Waals surface area contributed by atoms with E-state index in [1.807, 2.05) is 0 Å². The van der Waals surface area contributed by atoms with Crippen LogP contribution in [0.1, 0.15) is 0 Å². The van der Waals surface area contributed by atoms with Gasteiger partial charge in [0.15, 0.2) is 4.93 Å². The van der Waals surface area contributed by atoms with Crippen LogP contribution in [0.3, 0.4) is 0 Å². The quantitative estimate of drug-likeness (QED) is 0.318. The van der Waals surface area contributed by atoms with E-state index in [9.17, 15) is 10.2 Å². The number of aliphatic hydroxyl groups excluding tert-OH is 4. The van der Waals surface area contributed by atoms with Crippen molar-refractivity contribution in [1.29, 1.82) is 0 Å². The molecule has 6 heteroatoms. The molecule has 1 rings (SSSR count). The van der Waals surface area contributed by atoms with Crippen LogP contribution in [0.4, 0.5) is 0 Å². The van der Waals surface area contributed by atoms with Crippen LogP contribution in [0.2, 0.25) is 0 Å². The summed E-state index contributed by atoms with van der Waals surface area (Å²) in [6, 6.07) is 0. The minimum Gasteiger partial charge on any atom is -0.392 e. The number of thioether (sulfide) groups is 1. The fraction of sp³-hybridized carbons (Fsp3) is 1.00. The van der Waals surface area contributed by atoms with E-state index in [0.29, 0.717) is 0 Å². The van der Waals surface area contributed by atoms with Gasteiger partial charge in [0, 0.05) is 5.75 Å². The van der Waals surface area contributed by atoms with Gasteiger partial charge in [-0.15, -0.1) is 11.8 Å². The van der Waals surface area contributed by atoms with Gasteiger partial charge in [0.2, 0.25) is 0 Å². The lowest BCUT2D eigenvalue weighted by atomic mass is 10.0. The standard InChI is InChI=1S/C6H12O5S/c7-2-6(11)5(10)4(9)3(8)1-12-6/h3-5,7-11H,1-2H2/t3-,4+,5-,6+/m0/s1. The van der Waals surface area contributed by atoms with Crippen LogP contribution in [-0.2, 0) is 0 Å². The van der Waals surface area contributed by atoms with Crippen LogP contribution in [0.25, 0.3) is 0 Å². The molecule has 1 heterocycles. The summed E-state index contributed by atoms with van der Waals surface area (Å²) in [6.45, 7) is -0.650. The highest BCUT2D eigenvalue weighted by Gasteiger charge is 2.47. The average Bonchev–Trinajstić information content (AvgIpc) is 2.09. The molecule has 4 atom stereocenters. The Hall–Kier alpha value is 0.150. The summed E-state index contributed by atoms with van der Waals surface area (Å²) in [5, 5.41) is 45.5. The van der Waals surface area contributed by atoms with E-state index >= 15 is 0 Å². The molecular formula is C6H12O5S. The smallest absolute Gasteiger partial charge is 0.161 e. The van der Waals surface area contributed by atoms with E-state index in [-0.39, 0.29) is 5.75 Å². The second-order valence-corrected chi connectivity index (χ2v) is 4.15.